The van der Waals surface area contributed by atoms with Gasteiger partial charge >= 0.3 is 0 Å². The van der Waals surface area contributed by atoms with Crippen LogP contribution in [0.4, 0.5) is 0 Å². The first-order valence-electron chi connectivity index (χ1n) is 8.08. The fraction of sp³-hybridized carbons (Fsp3) is 0.562. The van der Waals surface area contributed by atoms with Crippen molar-refractivity contribution in [3.8, 4) is 0 Å². The standard InChI is InChI=1S/C16H22N2O5S/c19-16(14-4-2-1-3-5-14)17-6-11-23-15(12-17)13-24(20,21)18-7-9-22-10-8-18/h1-5,15H,6-13H2. The minimum Gasteiger partial charge on any atom is -0.379 e. The number of nitrogens with zero attached hydrogens (tertiary/aromatic N) is 2. The normalized spacial score (nSPS) is 23.2. The van der Waals surface area contributed by atoms with Crippen LogP contribution >= 0.6 is 0 Å². The number of ether oxygens (including phenoxy) is 2. The van der Waals surface area contributed by atoms with Crippen molar-refractivity contribution in [3.05, 3.63) is 35.9 Å². The zero-order chi connectivity index (χ0) is 17.0. The van der Waals surface area contributed by atoms with Crippen LogP contribution in [-0.4, -0.2) is 81.4 Å². The third-order valence-corrected chi connectivity index (χ3v) is 6.15. The molecule has 132 valence electrons. The van der Waals surface area contributed by atoms with Gasteiger partial charge in [-0.3, -0.25) is 4.79 Å². The van der Waals surface area contributed by atoms with E-state index in [1.165, 1.54) is 4.31 Å². The lowest BCUT2D eigenvalue weighted by atomic mass is 10.2. The summed E-state index contributed by atoms with van der Waals surface area (Å²) in [4.78, 5) is 14.2. The van der Waals surface area contributed by atoms with Gasteiger partial charge in [0.1, 0.15) is 0 Å². The minimum absolute atomic E-state index is 0.0901. The van der Waals surface area contributed by atoms with E-state index in [-0.39, 0.29) is 18.2 Å². The summed E-state index contributed by atoms with van der Waals surface area (Å²) in [7, 11) is -3.41. The molecule has 2 aliphatic heterocycles. The first-order valence-corrected chi connectivity index (χ1v) is 9.69. The third kappa shape index (κ3) is 4.13. The van der Waals surface area contributed by atoms with Gasteiger partial charge in [0, 0.05) is 31.7 Å². The number of carbonyl (C=O) groups excluding carboxylic acids is 1. The van der Waals surface area contributed by atoms with E-state index >= 15 is 0 Å². The van der Waals surface area contributed by atoms with E-state index in [1.807, 2.05) is 18.2 Å². The monoisotopic (exact) mass is 354 g/mol. The predicted molar refractivity (Wildman–Crippen MR) is 88.3 cm³/mol. The highest BCUT2D eigenvalue weighted by molar-refractivity contribution is 7.89. The fourth-order valence-electron chi connectivity index (χ4n) is 2.93. The molecule has 8 heteroatoms. The highest BCUT2D eigenvalue weighted by Crippen LogP contribution is 2.14. The van der Waals surface area contributed by atoms with Crippen LogP contribution in [0.3, 0.4) is 0 Å². The Kier molecular flexibility index (Phi) is 5.50. The van der Waals surface area contributed by atoms with Gasteiger partial charge in [-0.05, 0) is 12.1 Å². The van der Waals surface area contributed by atoms with Crippen molar-refractivity contribution in [1.82, 2.24) is 9.21 Å². The quantitative estimate of drug-likeness (QED) is 0.772. The van der Waals surface area contributed by atoms with Crippen molar-refractivity contribution in [3.63, 3.8) is 0 Å². The van der Waals surface area contributed by atoms with Gasteiger partial charge in [-0.25, -0.2) is 8.42 Å². The highest BCUT2D eigenvalue weighted by atomic mass is 32.2. The summed E-state index contributed by atoms with van der Waals surface area (Å²) in [6, 6.07) is 9.00. The topological polar surface area (TPSA) is 76.2 Å². The van der Waals surface area contributed by atoms with Crippen LogP contribution in [-0.2, 0) is 19.5 Å². The average molecular weight is 354 g/mol. The molecule has 7 nitrogen and oxygen atoms in total. The fourth-order valence-corrected chi connectivity index (χ4v) is 4.52. The smallest absolute Gasteiger partial charge is 0.254 e. The maximum absolute atomic E-state index is 12.5. The Balaban J connectivity index is 1.62. The van der Waals surface area contributed by atoms with Crippen LogP contribution in [0.5, 0.6) is 0 Å². The van der Waals surface area contributed by atoms with Crippen LogP contribution < -0.4 is 0 Å². The van der Waals surface area contributed by atoms with Crippen molar-refractivity contribution in [1.29, 1.82) is 0 Å². The van der Waals surface area contributed by atoms with E-state index < -0.39 is 16.1 Å². The number of sulfonamides is 1. The molecule has 1 amide bonds. The van der Waals surface area contributed by atoms with Crippen molar-refractivity contribution < 1.29 is 22.7 Å². The molecule has 2 saturated heterocycles. The molecule has 1 aromatic carbocycles. The number of hydrogen-bond donors (Lipinski definition) is 0. The summed E-state index contributed by atoms with van der Waals surface area (Å²) in [5.74, 6) is -0.196. The first kappa shape index (κ1) is 17.3. The molecule has 2 aliphatic rings. The van der Waals surface area contributed by atoms with E-state index in [4.69, 9.17) is 9.47 Å². The highest BCUT2D eigenvalue weighted by Gasteiger charge is 2.32. The molecule has 24 heavy (non-hydrogen) atoms. The van der Waals surface area contributed by atoms with Crippen molar-refractivity contribution in [2.24, 2.45) is 0 Å². The Morgan fingerprint density at radius 1 is 1.08 bits per heavy atom. The van der Waals surface area contributed by atoms with E-state index in [1.54, 1.807) is 17.0 Å². The van der Waals surface area contributed by atoms with Crippen LogP contribution in [0.1, 0.15) is 10.4 Å². The van der Waals surface area contributed by atoms with Crippen LogP contribution in [0.2, 0.25) is 0 Å². The summed E-state index contributed by atoms with van der Waals surface area (Å²) in [6.07, 6.45) is -0.501. The van der Waals surface area contributed by atoms with Gasteiger partial charge in [-0.15, -0.1) is 0 Å². The number of benzene rings is 1. The van der Waals surface area contributed by atoms with Gasteiger partial charge in [0.2, 0.25) is 10.0 Å². The molecule has 0 aliphatic carbocycles. The van der Waals surface area contributed by atoms with Crippen molar-refractivity contribution >= 4 is 15.9 Å². The van der Waals surface area contributed by atoms with E-state index in [0.29, 0.717) is 45.0 Å². The van der Waals surface area contributed by atoms with E-state index in [0.717, 1.165) is 0 Å². The second kappa shape index (κ2) is 7.60. The number of carbonyl (C=O) groups is 1. The van der Waals surface area contributed by atoms with Gasteiger partial charge < -0.3 is 14.4 Å². The van der Waals surface area contributed by atoms with Gasteiger partial charge in [0.15, 0.2) is 0 Å². The number of rotatable bonds is 4. The molecule has 0 bridgehead atoms. The van der Waals surface area contributed by atoms with Crippen molar-refractivity contribution in [2.45, 2.75) is 6.10 Å². The molecule has 0 saturated carbocycles. The molecular formula is C16H22N2O5S. The first-order chi connectivity index (χ1) is 11.6. The molecule has 1 atom stereocenters. The number of hydrogen-bond acceptors (Lipinski definition) is 5. The Labute approximate surface area is 142 Å². The molecule has 2 heterocycles. The number of morpholine rings is 2. The van der Waals surface area contributed by atoms with Crippen LogP contribution in [0.25, 0.3) is 0 Å². The van der Waals surface area contributed by atoms with Crippen LogP contribution in [0.15, 0.2) is 30.3 Å². The van der Waals surface area contributed by atoms with Gasteiger partial charge in [0.05, 0.1) is 31.7 Å². The molecule has 2 fully saturated rings. The summed E-state index contributed by atoms with van der Waals surface area (Å²) >= 11 is 0. The second-order valence-electron chi connectivity index (χ2n) is 5.90. The Hall–Kier alpha value is -1.48. The predicted octanol–water partition coefficient (Wildman–Crippen LogP) is 0.190. The SMILES string of the molecule is O=C(c1ccccc1)N1CCOC(CS(=O)(=O)N2CCOCC2)C1. The minimum atomic E-state index is -3.41. The maximum atomic E-state index is 12.5. The summed E-state index contributed by atoms with van der Waals surface area (Å²) in [5, 5.41) is 0. The zero-order valence-electron chi connectivity index (χ0n) is 13.5. The lowest BCUT2D eigenvalue weighted by Gasteiger charge is -2.34. The molecule has 0 radical (unpaired) electrons. The van der Waals surface area contributed by atoms with Gasteiger partial charge in [-0.2, -0.15) is 4.31 Å². The Bertz CT molecular complexity index is 658. The molecule has 3 rings (SSSR count). The molecular weight excluding hydrogens is 332 g/mol. The summed E-state index contributed by atoms with van der Waals surface area (Å²) in [5.41, 5.74) is 0.606. The van der Waals surface area contributed by atoms with Crippen LogP contribution in [0, 0.1) is 0 Å². The third-order valence-electron chi connectivity index (χ3n) is 4.21. The summed E-state index contributed by atoms with van der Waals surface area (Å²) in [6.45, 7) is 2.71. The largest absolute Gasteiger partial charge is 0.379 e. The van der Waals surface area contributed by atoms with Gasteiger partial charge in [-0.1, -0.05) is 18.2 Å². The number of amides is 1. The van der Waals surface area contributed by atoms with Crippen molar-refractivity contribution in [2.75, 3.05) is 51.8 Å². The summed E-state index contributed by atoms with van der Waals surface area (Å²) < 4.78 is 37.2. The van der Waals surface area contributed by atoms with E-state index in [2.05, 4.69) is 0 Å². The zero-order valence-corrected chi connectivity index (χ0v) is 14.3. The molecule has 1 unspecified atom stereocenters. The average Bonchev–Trinajstić information content (AvgIpc) is 2.62. The van der Waals surface area contributed by atoms with E-state index in [9.17, 15) is 13.2 Å². The molecule has 0 N–H and O–H groups in total. The molecule has 1 aromatic rings. The Morgan fingerprint density at radius 3 is 2.50 bits per heavy atom. The molecule has 0 aromatic heterocycles. The van der Waals surface area contributed by atoms with Gasteiger partial charge in [0.25, 0.3) is 5.91 Å². The molecule has 0 spiro atoms. The lowest BCUT2D eigenvalue weighted by molar-refractivity contribution is -0.0117. The Morgan fingerprint density at radius 2 is 1.79 bits per heavy atom. The lowest BCUT2D eigenvalue weighted by Crippen LogP contribution is -2.50. The maximum Gasteiger partial charge on any atom is 0.254 e. The second-order valence-corrected chi connectivity index (χ2v) is 7.91.